The Kier molecular flexibility index (Phi) is 6.50. The van der Waals surface area contributed by atoms with Gasteiger partial charge >= 0.3 is 0 Å². The molecule has 3 amide bonds. The van der Waals surface area contributed by atoms with E-state index in [0.717, 1.165) is 42.4 Å². The predicted molar refractivity (Wildman–Crippen MR) is 130 cm³/mol. The summed E-state index contributed by atoms with van der Waals surface area (Å²) in [6.45, 7) is 0.703. The van der Waals surface area contributed by atoms with Crippen molar-refractivity contribution in [2.24, 2.45) is 11.8 Å². The van der Waals surface area contributed by atoms with E-state index in [9.17, 15) is 14.4 Å². The fourth-order valence-corrected chi connectivity index (χ4v) is 6.01. The number of amides is 3. The van der Waals surface area contributed by atoms with Crippen molar-refractivity contribution in [3.8, 4) is 11.5 Å². The van der Waals surface area contributed by atoms with Gasteiger partial charge in [-0.1, -0.05) is 43.2 Å². The number of hydrogen-bond acceptors (Lipinski definition) is 5. The van der Waals surface area contributed by atoms with Crippen LogP contribution in [-0.4, -0.2) is 54.8 Å². The molecule has 2 heterocycles. The summed E-state index contributed by atoms with van der Waals surface area (Å²) < 4.78 is 11.1. The van der Waals surface area contributed by atoms with Crippen LogP contribution in [0.2, 0.25) is 0 Å². The third-order valence-corrected chi connectivity index (χ3v) is 7.79. The Hall–Kier alpha value is -3.35. The molecule has 0 aromatic heterocycles. The summed E-state index contributed by atoms with van der Waals surface area (Å²) in [4.78, 5) is 42.5. The SMILES string of the molecule is COc1cc2c(cc1OC)[C@H](c1ccccc1)N(C(=O)CCN1C(=O)[C@H]3CCCC[C@@H]3C1=O)CC2. The zero-order valence-electron chi connectivity index (χ0n) is 20.4. The first-order valence-corrected chi connectivity index (χ1v) is 12.5. The fourth-order valence-electron chi connectivity index (χ4n) is 6.01. The molecule has 1 saturated heterocycles. The zero-order valence-corrected chi connectivity index (χ0v) is 20.4. The van der Waals surface area contributed by atoms with E-state index in [4.69, 9.17) is 9.47 Å². The second kappa shape index (κ2) is 9.72. The molecule has 2 fully saturated rings. The van der Waals surface area contributed by atoms with Crippen LogP contribution in [0.15, 0.2) is 42.5 Å². The number of rotatable bonds is 6. The number of methoxy groups -OCH3 is 2. The minimum absolute atomic E-state index is 0.0604. The van der Waals surface area contributed by atoms with Crippen molar-refractivity contribution in [1.29, 1.82) is 0 Å². The minimum atomic E-state index is -0.278. The molecule has 35 heavy (non-hydrogen) atoms. The molecule has 1 aliphatic carbocycles. The summed E-state index contributed by atoms with van der Waals surface area (Å²) in [5.41, 5.74) is 3.13. The molecule has 0 N–H and O–H groups in total. The van der Waals surface area contributed by atoms with Crippen LogP contribution in [0.5, 0.6) is 11.5 Å². The molecule has 2 aliphatic heterocycles. The van der Waals surface area contributed by atoms with Gasteiger partial charge in [0.15, 0.2) is 11.5 Å². The third-order valence-electron chi connectivity index (χ3n) is 7.79. The van der Waals surface area contributed by atoms with E-state index in [2.05, 4.69) is 0 Å². The average molecular weight is 477 g/mol. The lowest BCUT2D eigenvalue weighted by atomic mass is 9.81. The highest BCUT2D eigenvalue weighted by atomic mass is 16.5. The van der Waals surface area contributed by atoms with Crippen molar-refractivity contribution in [3.63, 3.8) is 0 Å². The maximum absolute atomic E-state index is 13.6. The lowest BCUT2D eigenvalue weighted by molar-refractivity contribution is -0.141. The first-order chi connectivity index (χ1) is 17.0. The van der Waals surface area contributed by atoms with Gasteiger partial charge in [0, 0.05) is 19.5 Å². The van der Waals surface area contributed by atoms with Crippen molar-refractivity contribution in [3.05, 3.63) is 59.2 Å². The Morgan fingerprint density at radius 1 is 0.943 bits per heavy atom. The van der Waals surface area contributed by atoms with E-state index in [-0.39, 0.29) is 48.6 Å². The molecule has 2 aromatic rings. The van der Waals surface area contributed by atoms with Gasteiger partial charge in [-0.2, -0.15) is 0 Å². The number of ether oxygens (including phenoxy) is 2. The lowest BCUT2D eigenvalue weighted by Gasteiger charge is -2.38. The second-order valence-electron chi connectivity index (χ2n) is 9.63. The molecule has 184 valence electrons. The molecule has 0 radical (unpaired) electrons. The van der Waals surface area contributed by atoms with Gasteiger partial charge in [-0.05, 0) is 48.1 Å². The number of carbonyl (C=O) groups excluding carboxylic acids is 3. The maximum atomic E-state index is 13.6. The molecule has 2 aromatic carbocycles. The molecule has 3 aliphatic rings. The van der Waals surface area contributed by atoms with E-state index < -0.39 is 0 Å². The standard InChI is InChI=1S/C28H32N2O5/c1-34-23-16-19-12-14-29(26(18-8-4-3-5-9-18)22(19)17-24(23)35-2)25(31)13-15-30-27(32)20-10-6-7-11-21(20)28(30)33/h3-5,8-9,16-17,20-21,26H,6-7,10-15H2,1-2H3/t20-,21-,26-/m0/s1. The first kappa shape index (κ1) is 23.4. The van der Waals surface area contributed by atoms with Crippen molar-refractivity contribution >= 4 is 17.7 Å². The van der Waals surface area contributed by atoms with Crippen LogP contribution in [0.1, 0.15) is 54.8 Å². The molecule has 3 atom stereocenters. The summed E-state index contributed by atoms with van der Waals surface area (Å²) in [5.74, 6) is 0.679. The highest BCUT2D eigenvalue weighted by Crippen LogP contribution is 2.42. The highest BCUT2D eigenvalue weighted by Gasteiger charge is 2.48. The number of hydrogen-bond donors (Lipinski definition) is 0. The monoisotopic (exact) mass is 476 g/mol. The largest absolute Gasteiger partial charge is 0.493 e. The number of nitrogens with zero attached hydrogens (tertiary/aromatic N) is 2. The number of fused-ring (bicyclic) bond motifs is 2. The number of benzene rings is 2. The Balaban J connectivity index is 1.40. The summed E-state index contributed by atoms with van der Waals surface area (Å²) in [7, 11) is 3.23. The molecule has 0 bridgehead atoms. The average Bonchev–Trinajstić information content (AvgIpc) is 3.15. The zero-order chi connectivity index (χ0) is 24.5. The van der Waals surface area contributed by atoms with Crippen molar-refractivity contribution in [2.45, 2.75) is 44.6 Å². The maximum Gasteiger partial charge on any atom is 0.233 e. The molecule has 7 heteroatoms. The van der Waals surface area contributed by atoms with Crippen LogP contribution in [0.3, 0.4) is 0 Å². The normalized spacial score (nSPS) is 23.7. The summed E-state index contributed by atoms with van der Waals surface area (Å²) in [6.07, 6.45) is 4.37. The predicted octanol–water partition coefficient (Wildman–Crippen LogP) is 3.74. The smallest absolute Gasteiger partial charge is 0.233 e. The Bertz CT molecular complexity index is 1110. The molecular formula is C28H32N2O5. The topological polar surface area (TPSA) is 76.2 Å². The van der Waals surface area contributed by atoms with Gasteiger partial charge in [0.1, 0.15) is 0 Å². The van der Waals surface area contributed by atoms with E-state index in [1.807, 2.05) is 47.4 Å². The van der Waals surface area contributed by atoms with E-state index >= 15 is 0 Å². The molecule has 0 spiro atoms. The van der Waals surface area contributed by atoms with Gasteiger partial charge in [-0.3, -0.25) is 19.3 Å². The Labute approximate surface area is 206 Å². The van der Waals surface area contributed by atoms with Gasteiger partial charge in [0.05, 0.1) is 32.1 Å². The lowest BCUT2D eigenvalue weighted by Crippen LogP contribution is -2.42. The summed E-state index contributed by atoms with van der Waals surface area (Å²) >= 11 is 0. The van der Waals surface area contributed by atoms with Gasteiger partial charge in [-0.25, -0.2) is 0 Å². The van der Waals surface area contributed by atoms with Gasteiger partial charge in [0.2, 0.25) is 17.7 Å². The first-order valence-electron chi connectivity index (χ1n) is 12.5. The van der Waals surface area contributed by atoms with Gasteiger partial charge in [0.25, 0.3) is 0 Å². The van der Waals surface area contributed by atoms with Crippen LogP contribution in [0.4, 0.5) is 0 Å². The highest BCUT2D eigenvalue weighted by molar-refractivity contribution is 6.05. The number of imide groups is 1. The van der Waals surface area contributed by atoms with Crippen LogP contribution < -0.4 is 9.47 Å². The number of carbonyl (C=O) groups is 3. The molecule has 0 unspecified atom stereocenters. The summed E-state index contributed by atoms with van der Waals surface area (Å²) in [5, 5.41) is 0. The van der Waals surface area contributed by atoms with Crippen LogP contribution in [-0.2, 0) is 20.8 Å². The molecule has 7 nitrogen and oxygen atoms in total. The van der Waals surface area contributed by atoms with Crippen molar-refractivity contribution < 1.29 is 23.9 Å². The van der Waals surface area contributed by atoms with Crippen LogP contribution in [0.25, 0.3) is 0 Å². The minimum Gasteiger partial charge on any atom is -0.493 e. The molecule has 5 rings (SSSR count). The summed E-state index contributed by atoms with van der Waals surface area (Å²) in [6, 6.07) is 13.6. The Morgan fingerprint density at radius 3 is 2.20 bits per heavy atom. The van der Waals surface area contributed by atoms with Gasteiger partial charge in [-0.15, -0.1) is 0 Å². The molecular weight excluding hydrogens is 444 g/mol. The molecule has 1 saturated carbocycles. The van der Waals surface area contributed by atoms with Crippen molar-refractivity contribution in [1.82, 2.24) is 9.80 Å². The number of likely N-dealkylation sites (tertiary alicyclic amines) is 1. The third kappa shape index (κ3) is 4.17. The fraction of sp³-hybridized carbons (Fsp3) is 0.464. The van der Waals surface area contributed by atoms with Crippen molar-refractivity contribution in [2.75, 3.05) is 27.3 Å². The van der Waals surface area contributed by atoms with Gasteiger partial charge < -0.3 is 14.4 Å². The second-order valence-corrected chi connectivity index (χ2v) is 9.63. The van der Waals surface area contributed by atoms with Crippen LogP contribution >= 0.6 is 0 Å². The van der Waals surface area contributed by atoms with E-state index in [1.54, 1.807) is 14.2 Å². The quantitative estimate of drug-likeness (QED) is 0.594. The Morgan fingerprint density at radius 2 is 1.57 bits per heavy atom. The van der Waals surface area contributed by atoms with Crippen LogP contribution in [0, 0.1) is 11.8 Å². The van der Waals surface area contributed by atoms with E-state index in [0.29, 0.717) is 24.5 Å². The van der Waals surface area contributed by atoms with E-state index in [1.165, 1.54) is 4.90 Å².